The molecule has 0 unspecified atom stereocenters. The van der Waals surface area contributed by atoms with Crippen LogP contribution >= 0.6 is 0 Å². The number of imidazole rings is 1. The van der Waals surface area contributed by atoms with E-state index in [1.54, 1.807) is 65.2 Å². The molecule has 2 N–H and O–H groups in total. The van der Waals surface area contributed by atoms with Crippen molar-refractivity contribution in [2.24, 2.45) is 0 Å². The van der Waals surface area contributed by atoms with Gasteiger partial charge in [0.15, 0.2) is 17.0 Å². The molecule has 0 saturated carbocycles. The van der Waals surface area contributed by atoms with Gasteiger partial charge >= 0.3 is 0 Å². The van der Waals surface area contributed by atoms with Crippen molar-refractivity contribution in [3.8, 4) is 0 Å². The topological polar surface area (TPSA) is 140 Å². The zero-order valence-corrected chi connectivity index (χ0v) is 19.3. The highest BCUT2D eigenvalue weighted by atomic mass is 16.7. The van der Waals surface area contributed by atoms with E-state index in [1.165, 1.54) is 19.8 Å². The number of hydrogen-bond acceptors (Lipinski definition) is 9. The predicted octanol–water partition coefficient (Wildman–Crippen LogP) is 1.93. The number of rotatable bonds is 6. The first-order valence-corrected chi connectivity index (χ1v) is 11.2. The molecule has 1 fully saturated rings. The third kappa shape index (κ3) is 3.93. The van der Waals surface area contributed by atoms with Crippen molar-refractivity contribution in [3.63, 3.8) is 0 Å². The molecule has 2 aromatic heterocycles. The first-order chi connectivity index (χ1) is 17.5. The van der Waals surface area contributed by atoms with Crippen LogP contribution in [0.15, 0.2) is 73.3 Å². The van der Waals surface area contributed by atoms with Gasteiger partial charge in [-0.05, 0) is 24.3 Å². The van der Waals surface area contributed by atoms with Crippen molar-refractivity contribution < 1.29 is 29.3 Å². The number of anilines is 1. The van der Waals surface area contributed by atoms with E-state index in [0.717, 1.165) is 4.90 Å². The number of carbonyl (C=O) groups excluding carboxylic acids is 2. The Labute approximate surface area is 205 Å². The van der Waals surface area contributed by atoms with Gasteiger partial charge in [0.2, 0.25) is 5.79 Å². The van der Waals surface area contributed by atoms with Crippen LogP contribution in [0.2, 0.25) is 0 Å². The second-order valence-electron chi connectivity index (χ2n) is 8.20. The highest BCUT2D eigenvalue weighted by Crippen LogP contribution is 2.39. The molecule has 0 radical (unpaired) electrons. The fraction of sp³-hybridized carbons (Fsp3) is 0.240. The van der Waals surface area contributed by atoms with E-state index in [4.69, 9.17) is 9.47 Å². The molecule has 0 aliphatic carbocycles. The van der Waals surface area contributed by atoms with E-state index in [1.807, 2.05) is 0 Å². The minimum absolute atomic E-state index is 0.000152. The molecular formula is C25H23N5O6. The maximum Gasteiger partial charge on any atom is 0.266 e. The van der Waals surface area contributed by atoms with Crippen LogP contribution in [0.25, 0.3) is 11.2 Å². The van der Waals surface area contributed by atoms with E-state index < -0.39 is 36.5 Å². The summed E-state index contributed by atoms with van der Waals surface area (Å²) in [7, 11) is 1.33. The Morgan fingerprint density at radius 3 is 2.19 bits per heavy atom. The first-order valence-electron chi connectivity index (χ1n) is 11.2. The first kappa shape index (κ1) is 23.7. The summed E-state index contributed by atoms with van der Waals surface area (Å²) in [6.07, 6.45) is 0.853. The molecule has 11 heteroatoms. The number of aliphatic hydroxyl groups is 2. The van der Waals surface area contributed by atoms with E-state index in [9.17, 15) is 19.8 Å². The number of aliphatic hydroxyl groups excluding tert-OH is 2. The van der Waals surface area contributed by atoms with Crippen LogP contribution in [0.1, 0.15) is 33.4 Å². The molecule has 3 heterocycles. The molecule has 4 aromatic rings. The smallest absolute Gasteiger partial charge is 0.266 e. The van der Waals surface area contributed by atoms with Crippen LogP contribution in [0.3, 0.4) is 0 Å². The van der Waals surface area contributed by atoms with Crippen LogP contribution in [-0.4, -0.2) is 67.2 Å². The van der Waals surface area contributed by atoms with Crippen LogP contribution in [0, 0.1) is 0 Å². The number of carbonyl (C=O) groups is 2. The van der Waals surface area contributed by atoms with E-state index in [-0.39, 0.29) is 23.4 Å². The Bertz CT molecular complexity index is 1340. The normalized spacial score (nSPS) is 21.5. The van der Waals surface area contributed by atoms with Gasteiger partial charge in [-0.15, -0.1) is 0 Å². The van der Waals surface area contributed by atoms with Gasteiger partial charge in [-0.25, -0.2) is 19.9 Å². The average Bonchev–Trinajstić information content (AvgIpc) is 3.51. The fourth-order valence-corrected chi connectivity index (χ4v) is 4.21. The lowest BCUT2D eigenvalue weighted by Gasteiger charge is -2.28. The molecule has 11 nitrogen and oxygen atoms in total. The number of benzene rings is 2. The van der Waals surface area contributed by atoms with Crippen LogP contribution in [-0.2, 0) is 9.47 Å². The van der Waals surface area contributed by atoms with E-state index in [0.29, 0.717) is 11.1 Å². The van der Waals surface area contributed by atoms with Gasteiger partial charge in [0.05, 0.1) is 12.9 Å². The Balaban J connectivity index is 1.60. The Morgan fingerprint density at radius 1 is 1.06 bits per heavy atom. The molecule has 2 amide bonds. The molecule has 36 heavy (non-hydrogen) atoms. The minimum atomic E-state index is -1.59. The van der Waals surface area contributed by atoms with Gasteiger partial charge in [-0.2, -0.15) is 0 Å². The Kier molecular flexibility index (Phi) is 6.29. The average molecular weight is 489 g/mol. The van der Waals surface area contributed by atoms with Crippen LogP contribution in [0.4, 0.5) is 5.82 Å². The second-order valence-corrected chi connectivity index (χ2v) is 8.20. The number of aromatic nitrogens is 4. The maximum atomic E-state index is 13.6. The monoisotopic (exact) mass is 489 g/mol. The largest absolute Gasteiger partial charge is 0.391 e. The molecule has 3 atom stereocenters. The SMILES string of the molecule is CO[C@@]1(CO)O[C@@H](n2cnc3c(N(C(=O)c4ccccc4)C(=O)c4ccccc4)ncnc32)C[C@@H]1O. The number of fused-ring (bicyclic) bond motifs is 1. The van der Waals surface area contributed by atoms with Gasteiger partial charge in [0, 0.05) is 24.7 Å². The third-order valence-corrected chi connectivity index (χ3v) is 6.14. The van der Waals surface area contributed by atoms with Gasteiger partial charge in [0.25, 0.3) is 11.8 Å². The van der Waals surface area contributed by atoms with Gasteiger partial charge in [-0.3, -0.25) is 14.2 Å². The molecule has 1 aliphatic rings. The molecule has 184 valence electrons. The number of imide groups is 1. The van der Waals surface area contributed by atoms with Crippen molar-refractivity contribution >= 4 is 28.8 Å². The fourth-order valence-electron chi connectivity index (χ4n) is 4.21. The number of amides is 2. The maximum absolute atomic E-state index is 13.6. The summed E-state index contributed by atoms with van der Waals surface area (Å²) in [6, 6.07) is 16.8. The molecule has 1 saturated heterocycles. The minimum Gasteiger partial charge on any atom is -0.391 e. The predicted molar refractivity (Wildman–Crippen MR) is 127 cm³/mol. The van der Waals surface area contributed by atoms with Crippen LogP contribution in [0.5, 0.6) is 0 Å². The molecule has 0 spiro atoms. The molecule has 5 rings (SSSR count). The summed E-state index contributed by atoms with van der Waals surface area (Å²) >= 11 is 0. The summed E-state index contributed by atoms with van der Waals surface area (Å²) in [4.78, 5) is 41.1. The number of hydrogen-bond donors (Lipinski definition) is 2. The third-order valence-electron chi connectivity index (χ3n) is 6.14. The summed E-state index contributed by atoms with van der Waals surface area (Å²) in [5.74, 6) is -2.74. The van der Waals surface area contributed by atoms with Crippen molar-refractivity contribution in [2.75, 3.05) is 18.6 Å². The van der Waals surface area contributed by atoms with Crippen molar-refractivity contribution in [1.29, 1.82) is 0 Å². The van der Waals surface area contributed by atoms with Gasteiger partial charge in [0.1, 0.15) is 18.7 Å². The molecule has 1 aliphatic heterocycles. The summed E-state index contributed by atoms with van der Waals surface area (Å²) < 4.78 is 12.6. The molecule has 2 aromatic carbocycles. The Hall–Kier alpha value is -4.03. The summed E-state index contributed by atoms with van der Waals surface area (Å²) in [5, 5.41) is 20.2. The van der Waals surface area contributed by atoms with Gasteiger partial charge in [-0.1, -0.05) is 36.4 Å². The van der Waals surface area contributed by atoms with Crippen LogP contribution < -0.4 is 4.90 Å². The van der Waals surface area contributed by atoms with Crippen molar-refractivity contribution in [2.45, 2.75) is 24.5 Å². The highest BCUT2D eigenvalue weighted by Gasteiger charge is 2.49. The lowest BCUT2D eigenvalue weighted by Crippen LogP contribution is -2.44. The lowest BCUT2D eigenvalue weighted by molar-refractivity contribution is -0.269. The quantitative estimate of drug-likeness (QED) is 0.389. The summed E-state index contributed by atoms with van der Waals surface area (Å²) in [6.45, 7) is -0.557. The van der Waals surface area contributed by atoms with E-state index >= 15 is 0 Å². The number of nitrogens with zero attached hydrogens (tertiary/aromatic N) is 5. The molecular weight excluding hydrogens is 466 g/mol. The summed E-state index contributed by atoms with van der Waals surface area (Å²) in [5.41, 5.74) is 1.04. The highest BCUT2D eigenvalue weighted by molar-refractivity contribution is 6.27. The Morgan fingerprint density at radius 2 is 1.67 bits per heavy atom. The number of methoxy groups -OCH3 is 1. The zero-order chi connectivity index (χ0) is 25.3. The number of ether oxygens (including phenoxy) is 2. The van der Waals surface area contributed by atoms with E-state index in [2.05, 4.69) is 15.0 Å². The van der Waals surface area contributed by atoms with Crippen molar-refractivity contribution in [1.82, 2.24) is 19.5 Å². The van der Waals surface area contributed by atoms with Crippen molar-refractivity contribution in [3.05, 3.63) is 84.4 Å². The standard InChI is InChI=1S/C25H23N5O6/c1-35-25(13-31)18(32)12-19(36-25)29-15-28-20-21(29)26-14-27-22(20)30(23(33)16-8-4-2-5-9-16)24(34)17-10-6-3-7-11-17/h2-11,14-15,18-19,31-32H,12-13H2,1H3/t18-,19+,25-/m0/s1. The second kappa shape index (κ2) is 9.55. The molecule has 0 bridgehead atoms. The lowest BCUT2D eigenvalue weighted by atomic mass is 10.1. The zero-order valence-electron chi connectivity index (χ0n) is 19.3. The van der Waals surface area contributed by atoms with Gasteiger partial charge < -0.3 is 19.7 Å².